The van der Waals surface area contributed by atoms with Crippen molar-refractivity contribution in [2.75, 3.05) is 0 Å². The van der Waals surface area contributed by atoms with E-state index in [-0.39, 0.29) is 0 Å². The molecule has 11 heavy (non-hydrogen) atoms. The summed E-state index contributed by atoms with van der Waals surface area (Å²) in [7, 11) is 0. The standard InChI is InChI=1S/C8H8N2S/c1-6-5-10-7(9-6)3-2-4-8(10)11/h2-5,9H,1H3. The summed E-state index contributed by atoms with van der Waals surface area (Å²) < 4.78 is 2.80. The smallest absolute Gasteiger partial charge is 0.115 e. The minimum absolute atomic E-state index is 0.840. The predicted octanol–water partition coefficient (Wildman–Crippen LogP) is 2.31. The first kappa shape index (κ1) is 6.61. The number of aryl methyl sites for hydroxylation is 1. The van der Waals surface area contributed by atoms with Gasteiger partial charge in [0.2, 0.25) is 0 Å². The van der Waals surface area contributed by atoms with E-state index >= 15 is 0 Å². The van der Waals surface area contributed by atoms with Crippen molar-refractivity contribution in [2.45, 2.75) is 6.92 Å². The molecule has 2 rings (SSSR count). The molecule has 0 unspecified atom stereocenters. The summed E-state index contributed by atoms with van der Waals surface area (Å²) in [5.41, 5.74) is 2.18. The second-order valence-electron chi connectivity index (χ2n) is 2.56. The van der Waals surface area contributed by atoms with Crippen LogP contribution in [-0.2, 0) is 0 Å². The Morgan fingerprint density at radius 2 is 2.27 bits per heavy atom. The molecule has 0 fully saturated rings. The molecule has 2 heterocycles. The van der Waals surface area contributed by atoms with Gasteiger partial charge in [-0.2, -0.15) is 0 Å². The largest absolute Gasteiger partial charge is 0.344 e. The molecular weight excluding hydrogens is 156 g/mol. The molecule has 0 atom stereocenters. The van der Waals surface area contributed by atoms with E-state index in [2.05, 4.69) is 4.98 Å². The van der Waals surface area contributed by atoms with Gasteiger partial charge in [0.1, 0.15) is 10.3 Å². The zero-order valence-electron chi connectivity index (χ0n) is 6.16. The normalized spacial score (nSPS) is 10.6. The van der Waals surface area contributed by atoms with Crippen molar-refractivity contribution in [2.24, 2.45) is 0 Å². The van der Waals surface area contributed by atoms with Gasteiger partial charge in [-0.05, 0) is 19.1 Å². The third-order valence-corrected chi connectivity index (χ3v) is 1.97. The number of nitrogens with one attached hydrogen (secondary N) is 1. The van der Waals surface area contributed by atoms with E-state index in [1.54, 1.807) is 0 Å². The maximum absolute atomic E-state index is 5.11. The van der Waals surface area contributed by atoms with Gasteiger partial charge in [-0.1, -0.05) is 18.3 Å². The van der Waals surface area contributed by atoms with Crippen molar-refractivity contribution < 1.29 is 0 Å². The van der Waals surface area contributed by atoms with E-state index in [9.17, 15) is 0 Å². The predicted molar refractivity (Wildman–Crippen MR) is 47.3 cm³/mol. The Balaban J connectivity index is 3.02. The van der Waals surface area contributed by atoms with Gasteiger partial charge in [0, 0.05) is 11.9 Å². The average Bonchev–Trinajstić information content (AvgIpc) is 2.31. The van der Waals surface area contributed by atoms with Crippen molar-refractivity contribution in [1.82, 2.24) is 9.38 Å². The fourth-order valence-corrected chi connectivity index (χ4v) is 1.39. The van der Waals surface area contributed by atoms with Gasteiger partial charge >= 0.3 is 0 Å². The summed E-state index contributed by atoms with van der Waals surface area (Å²) in [6, 6.07) is 5.87. The molecule has 0 spiro atoms. The van der Waals surface area contributed by atoms with Crippen molar-refractivity contribution in [3.05, 3.63) is 34.7 Å². The SMILES string of the molecule is Cc1cn2c(=S)cccc2[nH]1. The quantitative estimate of drug-likeness (QED) is 0.592. The molecule has 2 aromatic rings. The molecule has 56 valence electrons. The number of fused-ring (bicyclic) bond motifs is 1. The average molecular weight is 164 g/mol. The zero-order chi connectivity index (χ0) is 7.84. The molecule has 3 heteroatoms. The molecular formula is C8H8N2S. The van der Waals surface area contributed by atoms with Crippen LogP contribution in [0.25, 0.3) is 5.65 Å². The van der Waals surface area contributed by atoms with E-state index < -0.39 is 0 Å². The van der Waals surface area contributed by atoms with Gasteiger partial charge in [-0.25, -0.2) is 0 Å². The van der Waals surface area contributed by atoms with E-state index in [0.717, 1.165) is 16.0 Å². The first-order valence-electron chi connectivity index (χ1n) is 3.44. The number of hydrogen-bond acceptors (Lipinski definition) is 1. The maximum atomic E-state index is 5.11. The molecule has 1 N–H and O–H groups in total. The number of nitrogens with zero attached hydrogens (tertiary/aromatic N) is 1. The van der Waals surface area contributed by atoms with Gasteiger partial charge in [0.05, 0.1) is 0 Å². The minimum Gasteiger partial charge on any atom is -0.344 e. The van der Waals surface area contributed by atoms with Gasteiger partial charge in [-0.3, -0.25) is 4.40 Å². The monoisotopic (exact) mass is 164 g/mol. The van der Waals surface area contributed by atoms with Crippen LogP contribution < -0.4 is 0 Å². The van der Waals surface area contributed by atoms with Gasteiger partial charge in [0.25, 0.3) is 0 Å². The fourth-order valence-electron chi connectivity index (χ4n) is 1.16. The topological polar surface area (TPSA) is 20.2 Å². The molecule has 0 aliphatic heterocycles. The zero-order valence-corrected chi connectivity index (χ0v) is 6.98. The van der Waals surface area contributed by atoms with E-state index in [0.29, 0.717) is 0 Å². The lowest BCUT2D eigenvalue weighted by Crippen LogP contribution is -1.81. The number of rotatable bonds is 0. The second-order valence-corrected chi connectivity index (χ2v) is 2.97. The lowest BCUT2D eigenvalue weighted by Gasteiger charge is -1.89. The third-order valence-electron chi connectivity index (χ3n) is 1.64. The lowest BCUT2D eigenvalue weighted by atomic mass is 10.5. The molecule has 0 amide bonds. The second kappa shape index (κ2) is 2.20. The molecule has 0 aromatic carbocycles. The number of H-pyrrole nitrogens is 1. The van der Waals surface area contributed by atoms with Crippen LogP contribution in [0.4, 0.5) is 0 Å². The molecule has 0 saturated carbocycles. The van der Waals surface area contributed by atoms with E-state index in [4.69, 9.17) is 12.2 Å². The van der Waals surface area contributed by atoms with Crippen molar-refractivity contribution in [3.8, 4) is 0 Å². The number of hydrogen-bond donors (Lipinski definition) is 1. The van der Waals surface area contributed by atoms with E-state index in [1.165, 1.54) is 0 Å². The first-order valence-corrected chi connectivity index (χ1v) is 3.85. The summed E-state index contributed by atoms with van der Waals surface area (Å²) >= 11 is 5.11. The maximum Gasteiger partial charge on any atom is 0.115 e. The minimum atomic E-state index is 0.840. The van der Waals surface area contributed by atoms with Crippen LogP contribution in [0.3, 0.4) is 0 Å². The number of aromatic nitrogens is 2. The highest BCUT2D eigenvalue weighted by Crippen LogP contribution is 2.04. The molecule has 2 aromatic heterocycles. The molecule has 0 radical (unpaired) electrons. The van der Waals surface area contributed by atoms with Gasteiger partial charge in [0.15, 0.2) is 0 Å². The van der Waals surface area contributed by atoms with Crippen LogP contribution in [0.1, 0.15) is 5.69 Å². The molecule has 0 saturated heterocycles. The summed E-state index contributed by atoms with van der Waals surface area (Å²) in [4.78, 5) is 3.20. The Morgan fingerprint density at radius 3 is 3.00 bits per heavy atom. The highest BCUT2D eigenvalue weighted by molar-refractivity contribution is 7.71. The lowest BCUT2D eigenvalue weighted by molar-refractivity contribution is 1.16. The third kappa shape index (κ3) is 0.973. The number of imidazole rings is 1. The molecule has 0 bridgehead atoms. The first-order chi connectivity index (χ1) is 5.27. The number of aromatic amines is 1. The molecule has 2 nitrogen and oxygen atoms in total. The van der Waals surface area contributed by atoms with Crippen LogP contribution in [0.2, 0.25) is 0 Å². The van der Waals surface area contributed by atoms with Crippen LogP contribution in [0, 0.1) is 11.6 Å². The van der Waals surface area contributed by atoms with Crippen LogP contribution in [-0.4, -0.2) is 9.38 Å². The van der Waals surface area contributed by atoms with E-state index in [1.807, 2.05) is 35.7 Å². The summed E-state index contributed by atoms with van der Waals surface area (Å²) in [5.74, 6) is 0. The van der Waals surface area contributed by atoms with Gasteiger partial charge < -0.3 is 4.98 Å². The highest BCUT2D eigenvalue weighted by atomic mass is 32.1. The van der Waals surface area contributed by atoms with Crippen molar-refractivity contribution in [1.29, 1.82) is 0 Å². The summed E-state index contributed by atoms with van der Waals surface area (Å²) in [6.07, 6.45) is 2.00. The number of pyridine rings is 1. The Hall–Kier alpha value is -1.09. The molecule has 0 aliphatic rings. The van der Waals surface area contributed by atoms with Crippen LogP contribution in [0.15, 0.2) is 24.4 Å². The van der Waals surface area contributed by atoms with Crippen molar-refractivity contribution in [3.63, 3.8) is 0 Å². The van der Waals surface area contributed by atoms with Gasteiger partial charge in [-0.15, -0.1) is 0 Å². The fraction of sp³-hybridized carbons (Fsp3) is 0.125. The summed E-state index contributed by atoms with van der Waals surface area (Å²) in [5, 5.41) is 0. The molecule has 0 aliphatic carbocycles. The highest BCUT2D eigenvalue weighted by Gasteiger charge is 1.93. The van der Waals surface area contributed by atoms with Crippen LogP contribution >= 0.6 is 12.2 Å². The Bertz CT molecular complexity index is 439. The Morgan fingerprint density at radius 1 is 1.45 bits per heavy atom. The van der Waals surface area contributed by atoms with Crippen molar-refractivity contribution >= 4 is 17.9 Å². The van der Waals surface area contributed by atoms with Crippen LogP contribution in [0.5, 0.6) is 0 Å². The summed E-state index contributed by atoms with van der Waals surface area (Å²) in [6.45, 7) is 2.02. The Kier molecular flexibility index (Phi) is 1.32. The Labute approximate surface area is 69.5 Å².